The lowest BCUT2D eigenvalue weighted by molar-refractivity contribution is 0.117. The summed E-state index contributed by atoms with van der Waals surface area (Å²) in [6.07, 6.45) is 4.16. The second-order valence-electron chi connectivity index (χ2n) is 6.94. The molecule has 0 spiro atoms. The summed E-state index contributed by atoms with van der Waals surface area (Å²) in [6.45, 7) is 1.62. The maximum absolute atomic E-state index is 12.3. The van der Waals surface area contributed by atoms with Crippen molar-refractivity contribution >= 4 is 5.65 Å². The van der Waals surface area contributed by atoms with Crippen LogP contribution in [0.3, 0.4) is 0 Å². The Bertz CT molecular complexity index is 939. The van der Waals surface area contributed by atoms with Gasteiger partial charge in [0.2, 0.25) is 0 Å². The molecular weight excluding hydrogens is 326 g/mol. The first-order chi connectivity index (χ1) is 12.7. The SMILES string of the molecule is O=c1cc(CN2CCC[C@H]2C[C@H](O)c2ccccc2)nc2ccccn12. The summed E-state index contributed by atoms with van der Waals surface area (Å²) in [7, 11) is 0. The fourth-order valence-corrected chi connectivity index (χ4v) is 3.83. The van der Waals surface area contributed by atoms with Crippen molar-refractivity contribution < 1.29 is 5.11 Å². The first kappa shape index (κ1) is 16.9. The Balaban J connectivity index is 1.50. The largest absolute Gasteiger partial charge is 0.388 e. The molecule has 1 aliphatic heterocycles. The zero-order valence-electron chi connectivity index (χ0n) is 14.7. The number of likely N-dealkylation sites (tertiary alicyclic amines) is 1. The average molecular weight is 349 g/mol. The Labute approximate surface area is 152 Å². The van der Waals surface area contributed by atoms with Crippen LogP contribution < -0.4 is 5.56 Å². The Hall–Kier alpha value is -2.50. The van der Waals surface area contributed by atoms with Gasteiger partial charge in [0.25, 0.3) is 5.56 Å². The number of aliphatic hydroxyl groups is 1. The van der Waals surface area contributed by atoms with Gasteiger partial charge in [-0.2, -0.15) is 0 Å². The third kappa shape index (κ3) is 3.54. The highest BCUT2D eigenvalue weighted by molar-refractivity contribution is 5.38. The van der Waals surface area contributed by atoms with Crippen molar-refractivity contribution in [3.05, 3.63) is 82.4 Å². The molecule has 0 radical (unpaired) electrons. The van der Waals surface area contributed by atoms with Gasteiger partial charge in [-0.3, -0.25) is 14.1 Å². The number of rotatable bonds is 5. The highest BCUT2D eigenvalue weighted by atomic mass is 16.3. The molecule has 2 atom stereocenters. The van der Waals surface area contributed by atoms with E-state index in [1.54, 1.807) is 16.7 Å². The predicted octanol–water partition coefficient (Wildman–Crippen LogP) is 2.78. The molecule has 1 aliphatic rings. The average Bonchev–Trinajstić information content (AvgIpc) is 3.09. The van der Waals surface area contributed by atoms with Crippen LogP contribution in [0.1, 0.15) is 36.6 Å². The summed E-state index contributed by atoms with van der Waals surface area (Å²) in [5.74, 6) is 0. The van der Waals surface area contributed by atoms with Crippen molar-refractivity contribution in [3.8, 4) is 0 Å². The van der Waals surface area contributed by atoms with E-state index in [2.05, 4.69) is 9.88 Å². The zero-order chi connectivity index (χ0) is 17.9. The molecule has 0 unspecified atom stereocenters. The van der Waals surface area contributed by atoms with Crippen molar-refractivity contribution in [2.24, 2.45) is 0 Å². The number of benzene rings is 1. The van der Waals surface area contributed by atoms with E-state index in [-0.39, 0.29) is 5.56 Å². The summed E-state index contributed by atoms with van der Waals surface area (Å²) in [4.78, 5) is 19.3. The second-order valence-corrected chi connectivity index (χ2v) is 6.94. The van der Waals surface area contributed by atoms with E-state index in [9.17, 15) is 9.90 Å². The van der Waals surface area contributed by atoms with Gasteiger partial charge in [0.1, 0.15) is 5.65 Å². The highest BCUT2D eigenvalue weighted by Gasteiger charge is 2.27. The predicted molar refractivity (Wildman–Crippen MR) is 101 cm³/mol. The summed E-state index contributed by atoms with van der Waals surface area (Å²) in [6, 6.07) is 17.3. The minimum atomic E-state index is -0.461. The molecule has 2 aromatic heterocycles. The Morgan fingerprint density at radius 3 is 2.81 bits per heavy atom. The minimum Gasteiger partial charge on any atom is -0.388 e. The number of aromatic nitrogens is 2. The molecule has 1 saturated heterocycles. The van der Waals surface area contributed by atoms with Crippen LogP contribution in [0.4, 0.5) is 0 Å². The fraction of sp³-hybridized carbons (Fsp3) is 0.333. The molecule has 4 rings (SSSR count). The molecule has 26 heavy (non-hydrogen) atoms. The van der Waals surface area contributed by atoms with E-state index in [1.165, 1.54) is 0 Å². The topological polar surface area (TPSA) is 57.8 Å². The number of fused-ring (bicyclic) bond motifs is 1. The van der Waals surface area contributed by atoms with Gasteiger partial charge in [0.05, 0.1) is 11.8 Å². The first-order valence-corrected chi connectivity index (χ1v) is 9.15. The molecule has 0 amide bonds. The molecule has 3 heterocycles. The lowest BCUT2D eigenvalue weighted by Crippen LogP contribution is -2.31. The van der Waals surface area contributed by atoms with E-state index in [4.69, 9.17) is 0 Å². The van der Waals surface area contributed by atoms with Crippen molar-refractivity contribution in [1.82, 2.24) is 14.3 Å². The molecule has 1 fully saturated rings. The minimum absolute atomic E-state index is 0.0503. The van der Waals surface area contributed by atoms with Gasteiger partial charge in [-0.05, 0) is 43.5 Å². The molecule has 0 bridgehead atoms. The summed E-state index contributed by atoms with van der Waals surface area (Å²) < 4.78 is 1.56. The van der Waals surface area contributed by atoms with E-state index in [0.717, 1.165) is 30.6 Å². The van der Waals surface area contributed by atoms with Gasteiger partial charge in [-0.1, -0.05) is 36.4 Å². The highest BCUT2D eigenvalue weighted by Crippen LogP contribution is 2.28. The molecule has 5 nitrogen and oxygen atoms in total. The van der Waals surface area contributed by atoms with Gasteiger partial charge in [0, 0.05) is 24.8 Å². The van der Waals surface area contributed by atoms with Crippen LogP contribution in [0.25, 0.3) is 5.65 Å². The maximum atomic E-state index is 12.3. The number of pyridine rings is 1. The van der Waals surface area contributed by atoms with Crippen LogP contribution in [0, 0.1) is 0 Å². The van der Waals surface area contributed by atoms with Crippen molar-refractivity contribution in [2.75, 3.05) is 6.54 Å². The summed E-state index contributed by atoms with van der Waals surface area (Å²) >= 11 is 0. The van der Waals surface area contributed by atoms with Crippen molar-refractivity contribution in [3.63, 3.8) is 0 Å². The van der Waals surface area contributed by atoms with E-state index >= 15 is 0 Å². The summed E-state index contributed by atoms with van der Waals surface area (Å²) in [5, 5.41) is 10.6. The van der Waals surface area contributed by atoms with Crippen LogP contribution in [-0.4, -0.2) is 32.0 Å². The first-order valence-electron chi connectivity index (χ1n) is 9.15. The van der Waals surface area contributed by atoms with Gasteiger partial charge < -0.3 is 5.11 Å². The zero-order valence-corrected chi connectivity index (χ0v) is 14.7. The van der Waals surface area contributed by atoms with E-state index < -0.39 is 6.10 Å². The lowest BCUT2D eigenvalue weighted by Gasteiger charge is -2.26. The Morgan fingerprint density at radius 1 is 1.15 bits per heavy atom. The number of hydrogen-bond donors (Lipinski definition) is 1. The third-order valence-corrected chi connectivity index (χ3v) is 5.17. The van der Waals surface area contributed by atoms with Gasteiger partial charge >= 0.3 is 0 Å². The normalized spacial score (nSPS) is 19.0. The van der Waals surface area contributed by atoms with Crippen LogP contribution in [-0.2, 0) is 6.54 Å². The van der Waals surface area contributed by atoms with Crippen LogP contribution in [0.5, 0.6) is 0 Å². The molecule has 1 N–H and O–H groups in total. The lowest BCUT2D eigenvalue weighted by atomic mass is 10.0. The molecule has 1 aromatic carbocycles. The molecular formula is C21H23N3O2. The monoisotopic (exact) mass is 349 g/mol. The Kier molecular flexibility index (Phi) is 4.82. The van der Waals surface area contributed by atoms with Gasteiger partial charge in [0.15, 0.2) is 0 Å². The standard InChI is InChI=1S/C21H23N3O2/c25-19(16-7-2-1-3-8-16)14-18-9-6-11-23(18)15-17-13-21(26)24-12-5-4-10-20(24)22-17/h1-5,7-8,10,12-13,18-19,25H,6,9,11,14-15H2/t18-,19-/m0/s1. The van der Waals surface area contributed by atoms with Crippen molar-refractivity contribution in [1.29, 1.82) is 0 Å². The van der Waals surface area contributed by atoms with Crippen LogP contribution in [0.2, 0.25) is 0 Å². The van der Waals surface area contributed by atoms with Gasteiger partial charge in [-0.15, -0.1) is 0 Å². The molecule has 0 aliphatic carbocycles. The molecule has 5 heteroatoms. The maximum Gasteiger partial charge on any atom is 0.258 e. The second kappa shape index (κ2) is 7.40. The number of aliphatic hydroxyl groups excluding tert-OH is 1. The fourth-order valence-electron chi connectivity index (χ4n) is 3.83. The third-order valence-electron chi connectivity index (χ3n) is 5.17. The Morgan fingerprint density at radius 2 is 1.96 bits per heavy atom. The van der Waals surface area contributed by atoms with E-state index in [1.807, 2.05) is 48.5 Å². The number of nitrogens with zero attached hydrogens (tertiary/aromatic N) is 3. The smallest absolute Gasteiger partial charge is 0.258 e. The summed E-state index contributed by atoms with van der Waals surface area (Å²) in [5.41, 5.74) is 2.38. The quantitative estimate of drug-likeness (QED) is 0.769. The van der Waals surface area contributed by atoms with Gasteiger partial charge in [-0.25, -0.2) is 4.98 Å². The van der Waals surface area contributed by atoms with Crippen LogP contribution >= 0.6 is 0 Å². The van der Waals surface area contributed by atoms with Crippen molar-refractivity contribution in [2.45, 2.75) is 38.0 Å². The molecule has 134 valence electrons. The van der Waals surface area contributed by atoms with E-state index in [0.29, 0.717) is 24.7 Å². The number of hydrogen-bond acceptors (Lipinski definition) is 4. The van der Waals surface area contributed by atoms with Crippen LogP contribution in [0.15, 0.2) is 65.6 Å². The molecule has 0 saturated carbocycles. The molecule has 3 aromatic rings.